The van der Waals surface area contributed by atoms with E-state index in [1.165, 1.54) is 11.8 Å². The lowest BCUT2D eigenvalue weighted by atomic mass is 9.99. The molecule has 1 aliphatic heterocycles. The van der Waals surface area contributed by atoms with Gasteiger partial charge in [-0.1, -0.05) is 11.8 Å². The molecule has 1 fully saturated rings. The van der Waals surface area contributed by atoms with E-state index in [4.69, 9.17) is 0 Å². The molecule has 0 unspecified atom stereocenters. The Kier molecular flexibility index (Phi) is 3.41. The van der Waals surface area contributed by atoms with Gasteiger partial charge in [-0.05, 0) is 54.0 Å². The van der Waals surface area contributed by atoms with Crippen molar-refractivity contribution in [2.75, 3.05) is 11.1 Å². The van der Waals surface area contributed by atoms with Crippen molar-refractivity contribution in [1.29, 1.82) is 0 Å². The summed E-state index contributed by atoms with van der Waals surface area (Å²) in [6.45, 7) is 1.84. The number of anilines is 1. The van der Waals surface area contributed by atoms with E-state index in [9.17, 15) is 9.59 Å². The van der Waals surface area contributed by atoms with Crippen molar-refractivity contribution >= 4 is 29.1 Å². The molecule has 1 N–H and O–H groups in total. The molecule has 1 amide bonds. The lowest BCUT2D eigenvalue weighted by Crippen LogP contribution is -2.08. The maximum atomic E-state index is 12.4. The zero-order valence-electron chi connectivity index (χ0n) is 12.5. The summed E-state index contributed by atoms with van der Waals surface area (Å²) in [7, 11) is 0. The number of carbonyl (C=O) groups excluding carboxylic acids is 2. The quantitative estimate of drug-likeness (QED) is 0.667. The first kappa shape index (κ1) is 14.4. The van der Waals surface area contributed by atoms with Crippen LogP contribution in [0.15, 0.2) is 23.4 Å². The first-order valence-electron chi connectivity index (χ1n) is 7.52. The van der Waals surface area contributed by atoms with Crippen LogP contribution in [0.3, 0.4) is 0 Å². The van der Waals surface area contributed by atoms with Crippen LogP contribution in [0.5, 0.6) is 0 Å². The number of hydrogen-bond donors (Lipinski definition) is 1. The number of aromatic nitrogens is 4. The summed E-state index contributed by atoms with van der Waals surface area (Å²) in [5.41, 5.74) is 2.29. The maximum Gasteiger partial charge on any atom is 0.231 e. The van der Waals surface area contributed by atoms with E-state index < -0.39 is 0 Å². The van der Waals surface area contributed by atoms with Crippen molar-refractivity contribution in [2.24, 2.45) is 0 Å². The molecule has 1 atom stereocenters. The summed E-state index contributed by atoms with van der Waals surface area (Å²) in [5.74, 6) is 0.0478. The number of amides is 1. The summed E-state index contributed by atoms with van der Waals surface area (Å²) in [6, 6.07) is 5.75. The fourth-order valence-electron chi connectivity index (χ4n) is 2.63. The van der Waals surface area contributed by atoms with Crippen LogP contribution in [0.25, 0.3) is 0 Å². The van der Waals surface area contributed by atoms with Crippen LogP contribution in [0.2, 0.25) is 0 Å². The molecule has 4 rings (SSSR count). The third kappa shape index (κ3) is 2.63. The number of benzene rings is 1. The smallest absolute Gasteiger partial charge is 0.231 e. The van der Waals surface area contributed by atoms with E-state index in [-0.39, 0.29) is 23.4 Å². The molecular formula is C15H15N5O2S. The molecule has 0 radical (unpaired) electrons. The van der Waals surface area contributed by atoms with Crippen molar-refractivity contribution in [3.63, 3.8) is 0 Å². The highest BCUT2D eigenvalue weighted by Gasteiger charge is 2.29. The molecule has 7 nitrogen and oxygen atoms in total. The number of nitrogens with one attached hydrogen (secondary N) is 1. The second kappa shape index (κ2) is 5.45. The third-order valence-corrected chi connectivity index (χ3v) is 5.11. The zero-order chi connectivity index (χ0) is 16.0. The van der Waals surface area contributed by atoms with Gasteiger partial charge in [0.15, 0.2) is 5.78 Å². The summed E-state index contributed by atoms with van der Waals surface area (Å²) in [5, 5.41) is 15.1. The number of hydrogen-bond acceptors (Lipinski definition) is 6. The zero-order valence-corrected chi connectivity index (χ0v) is 13.3. The Hall–Kier alpha value is -2.22. The van der Waals surface area contributed by atoms with E-state index in [0.717, 1.165) is 24.1 Å². The topological polar surface area (TPSA) is 89.8 Å². The van der Waals surface area contributed by atoms with E-state index in [1.807, 2.05) is 13.0 Å². The van der Waals surface area contributed by atoms with Gasteiger partial charge >= 0.3 is 0 Å². The molecule has 118 valence electrons. The number of tetrazole rings is 1. The number of ketones is 1. The number of nitrogens with zero attached hydrogens (tertiary/aromatic N) is 4. The molecule has 2 heterocycles. The number of rotatable bonds is 5. The minimum absolute atomic E-state index is 0.00898. The third-order valence-electron chi connectivity index (χ3n) is 4.18. The SMILES string of the molecule is C[C@H]1C(=O)Nc2ccc(C(=O)CSc3nnnn3C3CC3)cc21. The molecule has 1 saturated carbocycles. The van der Waals surface area contributed by atoms with Gasteiger partial charge in [0.1, 0.15) is 0 Å². The molecule has 1 aromatic heterocycles. The van der Waals surface area contributed by atoms with Crippen molar-refractivity contribution in [1.82, 2.24) is 20.2 Å². The number of Topliss-reactive ketones (excluding diaryl/α,β-unsaturated/α-hetero) is 1. The average Bonchev–Trinajstić information content (AvgIpc) is 3.23. The predicted molar refractivity (Wildman–Crippen MR) is 84.6 cm³/mol. The van der Waals surface area contributed by atoms with Crippen LogP contribution in [0, 0.1) is 0 Å². The van der Waals surface area contributed by atoms with Crippen LogP contribution in [-0.2, 0) is 4.79 Å². The normalized spacial score (nSPS) is 19.5. The molecule has 0 bridgehead atoms. The Labute approximate surface area is 136 Å². The van der Waals surface area contributed by atoms with Gasteiger partial charge in [-0.3, -0.25) is 9.59 Å². The fraction of sp³-hybridized carbons (Fsp3) is 0.400. The standard InChI is InChI=1S/C15H15N5O2S/c1-8-11-6-9(2-5-12(11)16-14(8)22)13(21)7-23-15-17-18-19-20(15)10-3-4-10/h2,5-6,8,10H,3-4,7H2,1H3,(H,16,22)/t8-/m1/s1. The van der Waals surface area contributed by atoms with Gasteiger partial charge < -0.3 is 5.32 Å². The van der Waals surface area contributed by atoms with Gasteiger partial charge in [0.2, 0.25) is 11.1 Å². The van der Waals surface area contributed by atoms with Gasteiger partial charge in [-0.2, -0.15) is 0 Å². The van der Waals surface area contributed by atoms with Gasteiger partial charge in [-0.15, -0.1) is 5.10 Å². The minimum atomic E-state index is -0.215. The number of thioether (sulfide) groups is 1. The molecular weight excluding hydrogens is 314 g/mol. The number of carbonyl (C=O) groups is 2. The second-order valence-corrected chi connectivity index (χ2v) is 6.80. The maximum absolute atomic E-state index is 12.4. The highest BCUT2D eigenvalue weighted by atomic mass is 32.2. The Morgan fingerprint density at radius 1 is 1.43 bits per heavy atom. The Balaban J connectivity index is 1.47. The second-order valence-electron chi connectivity index (χ2n) is 5.86. The van der Waals surface area contributed by atoms with Crippen LogP contribution >= 0.6 is 11.8 Å². The highest BCUT2D eigenvalue weighted by Crippen LogP contribution is 2.36. The molecule has 1 aromatic carbocycles. The summed E-state index contributed by atoms with van der Waals surface area (Å²) in [4.78, 5) is 24.1. The molecule has 23 heavy (non-hydrogen) atoms. The summed E-state index contributed by atoms with van der Waals surface area (Å²) >= 11 is 1.35. The molecule has 1 aliphatic carbocycles. The average molecular weight is 329 g/mol. The van der Waals surface area contributed by atoms with Crippen LogP contribution in [-0.4, -0.2) is 37.7 Å². The number of fused-ring (bicyclic) bond motifs is 1. The van der Waals surface area contributed by atoms with Gasteiger partial charge in [-0.25, -0.2) is 4.68 Å². The van der Waals surface area contributed by atoms with Crippen LogP contribution in [0.4, 0.5) is 5.69 Å². The van der Waals surface area contributed by atoms with E-state index in [1.54, 1.807) is 16.8 Å². The molecule has 0 spiro atoms. The lowest BCUT2D eigenvalue weighted by molar-refractivity contribution is -0.116. The summed E-state index contributed by atoms with van der Waals surface area (Å²) in [6.07, 6.45) is 2.19. The van der Waals surface area contributed by atoms with Crippen molar-refractivity contribution in [3.05, 3.63) is 29.3 Å². The monoisotopic (exact) mass is 329 g/mol. The molecule has 0 saturated heterocycles. The highest BCUT2D eigenvalue weighted by molar-refractivity contribution is 7.99. The lowest BCUT2D eigenvalue weighted by Gasteiger charge is -2.05. The van der Waals surface area contributed by atoms with Crippen molar-refractivity contribution in [3.8, 4) is 0 Å². The minimum Gasteiger partial charge on any atom is -0.325 e. The first-order chi connectivity index (χ1) is 11.1. The van der Waals surface area contributed by atoms with E-state index in [0.29, 0.717) is 16.8 Å². The van der Waals surface area contributed by atoms with E-state index in [2.05, 4.69) is 20.8 Å². The Bertz CT molecular complexity index is 799. The van der Waals surface area contributed by atoms with Crippen molar-refractivity contribution in [2.45, 2.75) is 36.9 Å². The van der Waals surface area contributed by atoms with Crippen LogP contribution in [0.1, 0.15) is 47.6 Å². The Morgan fingerprint density at radius 3 is 3.04 bits per heavy atom. The predicted octanol–water partition coefficient (Wildman–Crippen LogP) is 2.04. The molecule has 8 heteroatoms. The van der Waals surface area contributed by atoms with Crippen molar-refractivity contribution < 1.29 is 9.59 Å². The largest absolute Gasteiger partial charge is 0.325 e. The Morgan fingerprint density at radius 2 is 2.26 bits per heavy atom. The molecule has 2 aliphatic rings. The molecule has 2 aromatic rings. The summed E-state index contributed by atoms with van der Waals surface area (Å²) < 4.78 is 1.80. The van der Waals surface area contributed by atoms with Gasteiger partial charge in [0.25, 0.3) is 0 Å². The van der Waals surface area contributed by atoms with Gasteiger partial charge in [0, 0.05) is 11.3 Å². The fourth-order valence-corrected chi connectivity index (χ4v) is 3.47. The van der Waals surface area contributed by atoms with Gasteiger partial charge in [0.05, 0.1) is 17.7 Å². The van der Waals surface area contributed by atoms with Crippen LogP contribution < -0.4 is 5.32 Å². The van der Waals surface area contributed by atoms with E-state index >= 15 is 0 Å². The first-order valence-corrected chi connectivity index (χ1v) is 8.50.